The van der Waals surface area contributed by atoms with E-state index in [9.17, 15) is 19.2 Å². The molecule has 3 aromatic carbocycles. The van der Waals surface area contributed by atoms with Gasteiger partial charge in [0.05, 0.1) is 11.6 Å². The first kappa shape index (κ1) is 36.6. The molecule has 5 aliphatic rings. The van der Waals surface area contributed by atoms with E-state index >= 15 is 0 Å². The summed E-state index contributed by atoms with van der Waals surface area (Å²) in [5.41, 5.74) is 4.56. The maximum atomic E-state index is 13.3. The Morgan fingerprint density at radius 3 is 2.42 bits per heavy atom. The minimum absolute atomic E-state index is 0.00165. The average molecular weight is 759 g/mol. The van der Waals surface area contributed by atoms with E-state index in [-0.39, 0.29) is 36.2 Å². The van der Waals surface area contributed by atoms with Gasteiger partial charge in [-0.25, -0.2) is 4.85 Å². The predicted octanol–water partition coefficient (Wildman–Crippen LogP) is 5.54. The molecule has 1 N–H and O–H groups in total. The number of piperidine rings is 3. The van der Waals surface area contributed by atoms with Crippen molar-refractivity contribution in [2.45, 2.75) is 57.2 Å². The SMILES string of the molecule is [C-]#[N+]c1ccc(OC2CCN(C(=O)c3ccc(N4CCC(CN5CC(C#Cc6cccc7c6CN(C6CCC(=O)NC6=O)C7=O)C5)CC4)cc3)CC2)cc1Cl. The van der Waals surface area contributed by atoms with E-state index in [0.717, 1.165) is 75.2 Å². The fourth-order valence-corrected chi connectivity index (χ4v) is 8.66. The fourth-order valence-electron chi connectivity index (χ4n) is 8.45. The highest BCUT2D eigenvalue weighted by atomic mass is 35.5. The second kappa shape index (κ2) is 15.8. The highest BCUT2D eigenvalue weighted by molar-refractivity contribution is 6.33. The largest absolute Gasteiger partial charge is 0.490 e. The standard InChI is InChI=1S/C43H43ClN6O5/c1-45-38-12-11-34(23-37(38)44)55-33-17-21-49(22-18-33)42(53)31-7-9-32(10-8-31)48-19-15-28(16-20-48)24-47-25-29(26-47)5-6-30-3-2-4-35-36(30)27-50(43(35)54)39-13-14-40(51)46-41(39)52/h2-4,7-12,23,28-29,33,39H,13-22,24-27H2,(H,46,51,52). The minimum atomic E-state index is -0.631. The number of nitrogens with one attached hydrogen (secondary N) is 1. The molecule has 8 rings (SSSR count). The van der Waals surface area contributed by atoms with Gasteiger partial charge in [-0.3, -0.25) is 24.5 Å². The van der Waals surface area contributed by atoms with Gasteiger partial charge in [-0.2, -0.15) is 0 Å². The summed E-state index contributed by atoms with van der Waals surface area (Å²) in [6.45, 7) is 13.7. The van der Waals surface area contributed by atoms with Gasteiger partial charge in [0.25, 0.3) is 11.8 Å². The quantitative estimate of drug-likeness (QED) is 0.192. The lowest BCUT2D eigenvalue weighted by Gasteiger charge is -2.41. The van der Waals surface area contributed by atoms with Crippen molar-refractivity contribution >= 4 is 46.6 Å². The zero-order chi connectivity index (χ0) is 38.1. The lowest BCUT2D eigenvalue weighted by Crippen LogP contribution is -2.52. The first-order valence-electron chi connectivity index (χ1n) is 19.2. The van der Waals surface area contributed by atoms with Crippen molar-refractivity contribution in [2.24, 2.45) is 11.8 Å². The van der Waals surface area contributed by atoms with Crippen molar-refractivity contribution in [1.82, 2.24) is 20.0 Å². The van der Waals surface area contributed by atoms with Crippen molar-refractivity contribution in [3.63, 3.8) is 0 Å². The molecule has 0 aliphatic carbocycles. The number of nitrogens with zero attached hydrogens (tertiary/aromatic N) is 5. The van der Waals surface area contributed by atoms with Crippen LogP contribution in [0.25, 0.3) is 4.85 Å². The predicted molar refractivity (Wildman–Crippen MR) is 208 cm³/mol. The van der Waals surface area contributed by atoms with Crippen LogP contribution in [0.2, 0.25) is 5.02 Å². The number of carbonyl (C=O) groups is 4. The van der Waals surface area contributed by atoms with Crippen LogP contribution in [0, 0.1) is 30.2 Å². The number of likely N-dealkylation sites (tertiary alicyclic amines) is 2. The van der Waals surface area contributed by atoms with Gasteiger partial charge in [0.1, 0.15) is 17.9 Å². The summed E-state index contributed by atoms with van der Waals surface area (Å²) in [7, 11) is 0. The van der Waals surface area contributed by atoms with Gasteiger partial charge in [-0.1, -0.05) is 35.6 Å². The van der Waals surface area contributed by atoms with Crippen molar-refractivity contribution < 1.29 is 23.9 Å². The Morgan fingerprint density at radius 1 is 0.945 bits per heavy atom. The van der Waals surface area contributed by atoms with Crippen molar-refractivity contribution in [3.8, 4) is 17.6 Å². The molecule has 5 aliphatic heterocycles. The molecule has 0 saturated carbocycles. The molecule has 1 atom stereocenters. The van der Waals surface area contributed by atoms with E-state index in [1.54, 1.807) is 29.2 Å². The summed E-state index contributed by atoms with van der Waals surface area (Å²) in [4.78, 5) is 62.3. The van der Waals surface area contributed by atoms with E-state index in [1.807, 2.05) is 29.2 Å². The Bertz CT molecular complexity index is 2100. The van der Waals surface area contributed by atoms with E-state index in [0.29, 0.717) is 59.6 Å². The molecule has 282 valence electrons. The molecule has 0 radical (unpaired) electrons. The molecule has 1 unspecified atom stereocenters. The molecule has 55 heavy (non-hydrogen) atoms. The van der Waals surface area contributed by atoms with Crippen LogP contribution in [0.1, 0.15) is 70.4 Å². The van der Waals surface area contributed by atoms with Gasteiger partial charge in [0.2, 0.25) is 17.5 Å². The van der Waals surface area contributed by atoms with E-state index in [1.165, 1.54) is 0 Å². The van der Waals surface area contributed by atoms with Crippen molar-refractivity contribution in [3.05, 3.63) is 99.4 Å². The highest BCUT2D eigenvalue weighted by Crippen LogP contribution is 2.32. The summed E-state index contributed by atoms with van der Waals surface area (Å²) in [5.74, 6) is 7.52. The van der Waals surface area contributed by atoms with Gasteiger partial charge in [0, 0.05) is 99.9 Å². The summed E-state index contributed by atoms with van der Waals surface area (Å²) < 4.78 is 6.09. The number of fused-ring (bicyclic) bond motifs is 1. The fraction of sp³-hybridized carbons (Fsp3) is 0.419. The zero-order valence-corrected chi connectivity index (χ0v) is 31.4. The summed E-state index contributed by atoms with van der Waals surface area (Å²) in [6.07, 6.45) is 4.29. The normalized spacial score (nSPS) is 21.0. The first-order valence-corrected chi connectivity index (χ1v) is 19.6. The highest BCUT2D eigenvalue weighted by Gasteiger charge is 2.40. The number of benzene rings is 3. The number of anilines is 1. The van der Waals surface area contributed by atoms with Crippen LogP contribution >= 0.6 is 11.6 Å². The molecule has 4 fully saturated rings. The van der Waals surface area contributed by atoms with Gasteiger partial charge >= 0.3 is 0 Å². The molecule has 0 spiro atoms. The number of rotatable bonds is 7. The molecule has 11 nitrogen and oxygen atoms in total. The summed E-state index contributed by atoms with van der Waals surface area (Å²) in [6, 6.07) is 18.1. The maximum Gasteiger partial charge on any atom is 0.255 e. The molecule has 0 aromatic heterocycles. The molecular weight excluding hydrogens is 716 g/mol. The Morgan fingerprint density at radius 2 is 1.71 bits per heavy atom. The second-order valence-electron chi connectivity index (χ2n) is 15.2. The Labute approximate surface area is 326 Å². The number of hydrogen-bond donors (Lipinski definition) is 1. The van der Waals surface area contributed by atoms with Crippen molar-refractivity contribution in [2.75, 3.05) is 50.7 Å². The number of halogens is 1. The topological polar surface area (TPSA) is 107 Å². The van der Waals surface area contributed by atoms with Crippen LogP contribution in [-0.2, 0) is 16.1 Å². The number of imide groups is 1. The monoisotopic (exact) mass is 758 g/mol. The van der Waals surface area contributed by atoms with Crippen LogP contribution in [0.5, 0.6) is 5.75 Å². The van der Waals surface area contributed by atoms with E-state index in [2.05, 4.69) is 43.9 Å². The summed E-state index contributed by atoms with van der Waals surface area (Å²) in [5, 5.41) is 2.75. The molecule has 4 saturated heterocycles. The Kier molecular flexibility index (Phi) is 10.5. The number of hydrogen-bond acceptors (Lipinski definition) is 7. The van der Waals surface area contributed by atoms with Crippen LogP contribution in [-0.4, -0.2) is 96.3 Å². The molecular formula is C43H43ClN6O5. The van der Waals surface area contributed by atoms with Gasteiger partial charge in [-0.05, 0) is 79.3 Å². The van der Waals surface area contributed by atoms with Crippen LogP contribution < -0.4 is 15.0 Å². The van der Waals surface area contributed by atoms with E-state index < -0.39 is 11.9 Å². The molecule has 3 aromatic rings. The third-order valence-electron chi connectivity index (χ3n) is 11.6. The first-order chi connectivity index (χ1) is 26.7. The third kappa shape index (κ3) is 7.91. The third-order valence-corrected chi connectivity index (χ3v) is 11.9. The van der Waals surface area contributed by atoms with Crippen LogP contribution in [0.3, 0.4) is 0 Å². The summed E-state index contributed by atoms with van der Waals surface area (Å²) >= 11 is 6.16. The van der Waals surface area contributed by atoms with Gasteiger partial charge in [-0.15, -0.1) is 0 Å². The molecule has 4 amide bonds. The molecule has 5 heterocycles. The number of ether oxygens (including phenoxy) is 1. The smallest absolute Gasteiger partial charge is 0.255 e. The number of carbonyl (C=O) groups excluding carboxylic acids is 4. The maximum absolute atomic E-state index is 13.3. The van der Waals surface area contributed by atoms with Gasteiger partial charge in [0.15, 0.2) is 0 Å². The average Bonchev–Trinajstić information content (AvgIpc) is 3.52. The van der Waals surface area contributed by atoms with Crippen LogP contribution in [0.4, 0.5) is 11.4 Å². The van der Waals surface area contributed by atoms with Crippen LogP contribution in [0.15, 0.2) is 60.7 Å². The Hall–Kier alpha value is -5.36. The molecule has 12 heteroatoms. The van der Waals surface area contributed by atoms with Crippen molar-refractivity contribution in [1.29, 1.82) is 0 Å². The minimum Gasteiger partial charge on any atom is -0.490 e. The Balaban J connectivity index is 0.760. The zero-order valence-electron chi connectivity index (χ0n) is 30.6. The molecule has 0 bridgehead atoms. The van der Waals surface area contributed by atoms with Gasteiger partial charge < -0.3 is 24.3 Å². The lowest BCUT2D eigenvalue weighted by atomic mass is 9.92. The second-order valence-corrected chi connectivity index (χ2v) is 15.6. The van der Waals surface area contributed by atoms with E-state index in [4.69, 9.17) is 22.9 Å². The lowest BCUT2D eigenvalue weighted by molar-refractivity contribution is -0.136. The number of amides is 4.